The van der Waals surface area contributed by atoms with E-state index in [1.54, 1.807) is 6.07 Å². The van der Waals surface area contributed by atoms with Crippen LogP contribution in [-0.4, -0.2) is 51.6 Å². The molecule has 1 unspecified atom stereocenters. The molecule has 146 valence electrons. The molecule has 3 aromatic rings. The van der Waals surface area contributed by atoms with Crippen molar-refractivity contribution in [2.45, 2.75) is 38.4 Å². The number of H-pyrrole nitrogens is 1. The number of aromatic nitrogens is 4. The van der Waals surface area contributed by atoms with Crippen molar-refractivity contribution in [2.75, 3.05) is 24.6 Å². The van der Waals surface area contributed by atoms with E-state index in [4.69, 9.17) is 9.47 Å². The summed E-state index contributed by atoms with van der Waals surface area (Å²) >= 11 is 0. The lowest BCUT2D eigenvalue weighted by molar-refractivity contribution is 0.0529. The van der Waals surface area contributed by atoms with Gasteiger partial charge in [-0.1, -0.05) is 0 Å². The van der Waals surface area contributed by atoms with Crippen LogP contribution in [0.2, 0.25) is 0 Å². The number of aromatic amines is 1. The van der Waals surface area contributed by atoms with Crippen LogP contribution in [0.25, 0.3) is 22.3 Å². The Morgan fingerprint density at radius 1 is 1.29 bits per heavy atom. The molecule has 0 bridgehead atoms. The van der Waals surface area contributed by atoms with Gasteiger partial charge in [-0.15, -0.1) is 0 Å². The molecule has 1 aliphatic carbocycles. The molecule has 1 N–H and O–H groups in total. The zero-order valence-corrected chi connectivity index (χ0v) is 15.9. The minimum absolute atomic E-state index is 0.157. The first-order valence-electron chi connectivity index (χ1n) is 9.56. The molecule has 1 saturated heterocycles. The molecule has 1 saturated carbocycles. The topological polar surface area (TPSA) is 76.2 Å². The van der Waals surface area contributed by atoms with E-state index in [2.05, 4.69) is 25.1 Å². The van der Waals surface area contributed by atoms with Crippen molar-refractivity contribution in [3.63, 3.8) is 0 Å². The molecule has 1 atom stereocenters. The summed E-state index contributed by atoms with van der Waals surface area (Å²) in [7, 11) is 0. The molecule has 0 radical (unpaired) electrons. The van der Waals surface area contributed by atoms with E-state index in [0.717, 1.165) is 37.1 Å². The van der Waals surface area contributed by atoms with Crippen LogP contribution < -0.4 is 9.64 Å². The van der Waals surface area contributed by atoms with Gasteiger partial charge in [0.15, 0.2) is 11.6 Å². The fourth-order valence-corrected chi connectivity index (χ4v) is 3.51. The number of ether oxygens (including phenoxy) is 2. The molecule has 1 aliphatic heterocycles. The lowest BCUT2D eigenvalue weighted by Crippen LogP contribution is -2.41. The van der Waals surface area contributed by atoms with Gasteiger partial charge in [-0.3, -0.25) is 5.10 Å². The lowest BCUT2D eigenvalue weighted by Gasteiger charge is -2.31. The number of morpholine rings is 1. The number of hydrogen-bond acceptors (Lipinski definition) is 6. The highest BCUT2D eigenvalue weighted by atomic mass is 19.1. The fraction of sp³-hybridized carbons (Fsp3) is 0.450. The summed E-state index contributed by atoms with van der Waals surface area (Å²) in [5, 5.41) is 8.06. The molecule has 0 amide bonds. The molecule has 28 heavy (non-hydrogen) atoms. The molecule has 5 rings (SSSR count). The van der Waals surface area contributed by atoms with Gasteiger partial charge in [0.2, 0.25) is 0 Å². The average Bonchev–Trinajstić information content (AvgIpc) is 3.27. The second-order valence-corrected chi connectivity index (χ2v) is 7.84. The Morgan fingerprint density at radius 2 is 2.14 bits per heavy atom. The highest BCUT2D eigenvalue weighted by molar-refractivity contribution is 5.93. The molecule has 7 nitrogen and oxygen atoms in total. The van der Waals surface area contributed by atoms with Crippen molar-refractivity contribution >= 4 is 16.7 Å². The van der Waals surface area contributed by atoms with Gasteiger partial charge in [0, 0.05) is 30.6 Å². The highest BCUT2D eigenvalue weighted by Crippen LogP contribution is 2.41. The second-order valence-electron chi connectivity index (χ2n) is 7.84. The minimum atomic E-state index is -0.387. The summed E-state index contributed by atoms with van der Waals surface area (Å²) in [4.78, 5) is 11.0. The van der Waals surface area contributed by atoms with Crippen molar-refractivity contribution < 1.29 is 13.9 Å². The predicted molar refractivity (Wildman–Crippen MR) is 103 cm³/mol. The van der Waals surface area contributed by atoms with Crippen molar-refractivity contribution in [1.29, 1.82) is 0 Å². The van der Waals surface area contributed by atoms with Gasteiger partial charge in [0.25, 0.3) is 0 Å². The first-order chi connectivity index (χ1) is 13.5. The summed E-state index contributed by atoms with van der Waals surface area (Å²) in [6.45, 7) is 6.27. The predicted octanol–water partition coefficient (Wildman–Crippen LogP) is 3.32. The number of benzene rings is 1. The van der Waals surface area contributed by atoms with Gasteiger partial charge in [0.1, 0.15) is 23.4 Å². The normalized spacial score (nSPS) is 21.1. The maximum Gasteiger partial charge on any atom is 0.167 e. The Bertz CT molecular complexity index is 1030. The van der Waals surface area contributed by atoms with E-state index in [-0.39, 0.29) is 23.3 Å². The van der Waals surface area contributed by atoms with Crippen LogP contribution in [0.3, 0.4) is 0 Å². The fourth-order valence-electron chi connectivity index (χ4n) is 3.51. The van der Waals surface area contributed by atoms with Crippen molar-refractivity contribution in [3.8, 4) is 17.1 Å². The number of fused-ring (bicyclic) bond motifs is 1. The molecule has 8 heteroatoms. The third-order valence-electron chi connectivity index (χ3n) is 5.39. The van der Waals surface area contributed by atoms with E-state index in [9.17, 15) is 4.39 Å². The maximum atomic E-state index is 14.4. The Hall–Kier alpha value is -2.74. The van der Waals surface area contributed by atoms with Crippen molar-refractivity contribution in [2.24, 2.45) is 0 Å². The molecule has 0 spiro atoms. The van der Waals surface area contributed by atoms with Crippen LogP contribution in [0, 0.1) is 5.82 Å². The van der Waals surface area contributed by atoms with Gasteiger partial charge in [-0.05, 0) is 32.8 Å². The third-order valence-corrected chi connectivity index (χ3v) is 5.39. The Balaban J connectivity index is 1.52. The van der Waals surface area contributed by atoms with Crippen molar-refractivity contribution in [3.05, 3.63) is 30.3 Å². The molecular formula is C20H22FN5O2. The monoisotopic (exact) mass is 383 g/mol. The van der Waals surface area contributed by atoms with E-state index < -0.39 is 0 Å². The smallest absolute Gasteiger partial charge is 0.167 e. The van der Waals surface area contributed by atoms with Gasteiger partial charge < -0.3 is 14.4 Å². The number of anilines is 1. The Kier molecular flexibility index (Phi) is 3.97. The molecule has 3 heterocycles. The summed E-state index contributed by atoms with van der Waals surface area (Å²) in [5.41, 5.74) is 1.70. The van der Waals surface area contributed by atoms with Crippen LogP contribution in [0.4, 0.5) is 10.2 Å². The van der Waals surface area contributed by atoms with Crippen LogP contribution in [0.15, 0.2) is 24.5 Å². The van der Waals surface area contributed by atoms with Crippen molar-refractivity contribution in [1.82, 2.24) is 20.2 Å². The van der Waals surface area contributed by atoms with E-state index in [1.807, 2.05) is 19.9 Å². The maximum absolute atomic E-state index is 14.4. The van der Waals surface area contributed by atoms with Crippen LogP contribution in [-0.2, 0) is 4.74 Å². The molecule has 2 aliphatic rings. The van der Waals surface area contributed by atoms with Crippen LogP contribution in [0.5, 0.6) is 5.75 Å². The molecule has 1 aromatic carbocycles. The standard InChI is InChI=1S/C20H22FN5O2/c1-12-10-26(5-6-27-12)18-9-16(22-11-23-18)19-13-7-17(28-20(2)3-4-20)14(21)8-15(13)24-25-19/h7-9,11-12H,3-6,10H2,1-2H3,(H,24,25). The zero-order valence-electron chi connectivity index (χ0n) is 15.9. The zero-order chi connectivity index (χ0) is 19.3. The number of nitrogens with zero attached hydrogens (tertiary/aromatic N) is 4. The first kappa shape index (κ1) is 17.4. The number of halogens is 1. The lowest BCUT2D eigenvalue weighted by atomic mass is 10.1. The summed E-state index contributed by atoms with van der Waals surface area (Å²) in [6, 6.07) is 5.06. The van der Waals surface area contributed by atoms with Crippen LogP contribution in [0.1, 0.15) is 26.7 Å². The Morgan fingerprint density at radius 3 is 2.93 bits per heavy atom. The summed E-state index contributed by atoms with van der Waals surface area (Å²) in [5.74, 6) is 0.702. The summed E-state index contributed by atoms with van der Waals surface area (Å²) in [6.07, 6.45) is 3.58. The second kappa shape index (κ2) is 6.41. The quantitative estimate of drug-likeness (QED) is 0.745. The Labute approximate surface area is 161 Å². The van der Waals surface area contributed by atoms with Gasteiger partial charge in [-0.2, -0.15) is 5.10 Å². The van der Waals surface area contributed by atoms with E-state index in [1.165, 1.54) is 12.4 Å². The number of rotatable bonds is 4. The molecule has 2 fully saturated rings. The third kappa shape index (κ3) is 3.17. The first-order valence-corrected chi connectivity index (χ1v) is 9.56. The largest absolute Gasteiger partial charge is 0.484 e. The number of nitrogens with one attached hydrogen (secondary N) is 1. The highest BCUT2D eigenvalue weighted by Gasteiger charge is 2.40. The number of hydrogen-bond donors (Lipinski definition) is 1. The van der Waals surface area contributed by atoms with Gasteiger partial charge >= 0.3 is 0 Å². The average molecular weight is 383 g/mol. The SMILES string of the molecule is CC1CN(c2cc(-c3n[nH]c4cc(F)c(OC5(C)CC5)cc34)ncn2)CCO1. The van der Waals surface area contributed by atoms with Gasteiger partial charge in [-0.25, -0.2) is 14.4 Å². The van der Waals surface area contributed by atoms with E-state index in [0.29, 0.717) is 23.5 Å². The molecular weight excluding hydrogens is 361 g/mol. The van der Waals surface area contributed by atoms with Gasteiger partial charge in [0.05, 0.1) is 23.9 Å². The molecule has 2 aromatic heterocycles. The van der Waals surface area contributed by atoms with E-state index >= 15 is 0 Å². The summed E-state index contributed by atoms with van der Waals surface area (Å²) < 4.78 is 25.9. The van der Waals surface area contributed by atoms with Crippen LogP contribution >= 0.6 is 0 Å². The minimum Gasteiger partial charge on any atom is -0.484 e.